The summed E-state index contributed by atoms with van der Waals surface area (Å²) in [5, 5.41) is 57.3. The Hall–Kier alpha value is -8.36. The Balaban J connectivity index is 1.18. The maximum absolute atomic E-state index is 11.0. The van der Waals surface area contributed by atoms with Crippen LogP contribution in [-0.2, 0) is 6.42 Å². The lowest BCUT2D eigenvalue weighted by atomic mass is 9.95. The SMILES string of the molecule is N/C(=C\C(=C/Cc1cccc2oc3ccc(-n4c5ccccc5c5cc(-c6ccccc6)cc(-c6ccccc6)c54)cc3c12)c1c(O)c(O)c(O)c(O)c1O)c1ccccc1. The van der Waals surface area contributed by atoms with Crippen LogP contribution in [0.5, 0.6) is 28.7 Å². The van der Waals surface area contributed by atoms with Gasteiger partial charge >= 0.3 is 0 Å². The molecule has 0 unspecified atom stereocenters. The van der Waals surface area contributed by atoms with Gasteiger partial charge in [-0.15, -0.1) is 0 Å². The fourth-order valence-electron chi connectivity index (χ4n) is 8.49. The molecule has 0 spiro atoms. The molecule has 0 saturated carbocycles. The van der Waals surface area contributed by atoms with Gasteiger partial charge in [0.2, 0.25) is 17.2 Å². The second-order valence-electron chi connectivity index (χ2n) is 15.0. The first kappa shape index (κ1) is 36.9. The van der Waals surface area contributed by atoms with Gasteiger partial charge in [0.25, 0.3) is 0 Å². The number of hydrogen-bond donors (Lipinski definition) is 6. The van der Waals surface area contributed by atoms with E-state index in [0.29, 0.717) is 22.4 Å². The normalized spacial score (nSPS) is 12.3. The molecule has 8 nitrogen and oxygen atoms in total. The molecule has 10 aromatic rings. The Kier molecular flexibility index (Phi) is 8.95. The molecule has 0 aliphatic carbocycles. The van der Waals surface area contributed by atoms with Gasteiger partial charge in [0.05, 0.1) is 16.6 Å². The first-order valence-electron chi connectivity index (χ1n) is 19.8. The van der Waals surface area contributed by atoms with Gasteiger partial charge in [-0.05, 0) is 88.4 Å². The molecule has 2 heterocycles. The molecule has 0 amide bonds. The zero-order valence-electron chi connectivity index (χ0n) is 32.6. The van der Waals surface area contributed by atoms with E-state index in [1.54, 1.807) is 12.2 Å². The number of aromatic hydroxyl groups is 5. The smallest absolute Gasteiger partial charge is 0.208 e. The molecule has 0 radical (unpaired) electrons. The number of para-hydroxylation sites is 1. The first-order valence-corrected chi connectivity index (χ1v) is 19.8. The molecule has 8 heteroatoms. The van der Waals surface area contributed by atoms with Crippen LogP contribution in [0.25, 0.3) is 83.0 Å². The molecule has 7 N–H and O–H groups in total. The lowest BCUT2D eigenvalue weighted by molar-refractivity contribution is 0.327. The van der Waals surface area contributed by atoms with Gasteiger partial charge in [-0.2, -0.15) is 0 Å². The number of nitrogens with zero attached hydrogens (tertiary/aromatic N) is 1. The predicted molar refractivity (Wildman–Crippen MR) is 244 cm³/mol. The molecule has 61 heavy (non-hydrogen) atoms. The van der Waals surface area contributed by atoms with Crippen molar-refractivity contribution < 1.29 is 29.9 Å². The van der Waals surface area contributed by atoms with E-state index in [4.69, 9.17) is 10.2 Å². The number of nitrogens with two attached hydrogens (primary N) is 1. The van der Waals surface area contributed by atoms with Crippen LogP contribution in [0.15, 0.2) is 180 Å². The third kappa shape index (κ3) is 6.25. The molecular weight excluding hydrogens is 761 g/mol. The van der Waals surface area contributed by atoms with E-state index in [1.807, 2.05) is 66.7 Å². The summed E-state index contributed by atoms with van der Waals surface area (Å²) in [5.41, 5.74) is 17.2. The molecule has 0 aliphatic heterocycles. The summed E-state index contributed by atoms with van der Waals surface area (Å²) in [6, 6.07) is 55.1. The molecule has 0 saturated heterocycles. The number of benzene rings is 8. The molecule has 8 aromatic carbocycles. The van der Waals surface area contributed by atoms with Crippen molar-refractivity contribution in [1.82, 2.24) is 4.57 Å². The van der Waals surface area contributed by atoms with Crippen molar-refractivity contribution in [3.8, 4) is 56.7 Å². The molecule has 10 rings (SSSR count). The van der Waals surface area contributed by atoms with Crippen LogP contribution in [0, 0.1) is 0 Å². The van der Waals surface area contributed by atoms with Crippen molar-refractivity contribution in [2.24, 2.45) is 5.73 Å². The molecule has 0 fully saturated rings. The Morgan fingerprint density at radius 3 is 1.90 bits per heavy atom. The minimum Gasteiger partial charge on any atom is -0.504 e. The zero-order chi connectivity index (χ0) is 41.8. The van der Waals surface area contributed by atoms with E-state index < -0.39 is 28.7 Å². The molecule has 0 bridgehead atoms. The van der Waals surface area contributed by atoms with Crippen molar-refractivity contribution >= 4 is 55.0 Å². The fraction of sp³-hybridized carbons (Fsp3) is 0.0189. The lowest BCUT2D eigenvalue weighted by Crippen LogP contribution is -1.98. The van der Waals surface area contributed by atoms with Crippen LogP contribution in [0.4, 0.5) is 0 Å². The van der Waals surface area contributed by atoms with E-state index >= 15 is 0 Å². The van der Waals surface area contributed by atoms with Gasteiger partial charge in [-0.3, -0.25) is 0 Å². The van der Waals surface area contributed by atoms with E-state index in [0.717, 1.165) is 66.1 Å². The third-order valence-electron chi connectivity index (χ3n) is 11.4. The van der Waals surface area contributed by atoms with Crippen molar-refractivity contribution in [3.05, 3.63) is 193 Å². The number of furan rings is 1. The Morgan fingerprint density at radius 1 is 0.541 bits per heavy atom. The number of allylic oxidation sites excluding steroid dienone is 3. The second-order valence-corrected chi connectivity index (χ2v) is 15.0. The standard InChI is InChI=1S/C53H38N2O6/c54-42(33-17-8-3-9-18-33)29-35(47-49(56)51(58)53(60)52(59)50(47)57)24-23-34-19-12-22-45-46(34)41-30-37(25-26-44(41)61-45)55-43-21-11-10-20-38(43)40-28-36(31-13-4-1-5-14-31)27-39(48(40)55)32-15-6-2-7-16-32/h1-22,24-30,56-60H,23,54H2/b35-24+,42-29-. The number of hydrogen-bond acceptors (Lipinski definition) is 7. The molecule has 0 atom stereocenters. The number of phenols is 5. The van der Waals surface area contributed by atoms with Gasteiger partial charge in [0.15, 0.2) is 11.5 Å². The highest BCUT2D eigenvalue weighted by Gasteiger charge is 2.26. The highest BCUT2D eigenvalue weighted by Crippen LogP contribution is 2.53. The first-order chi connectivity index (χ1) is 29.8. The van der Waals surface area contributed by atoms with Crippen molar-refractivity contribution in [3.63, 3.8) is 0 Å². The van der Waals surface area contributed by atoms with Crippen LogP contribution >= 0.6 is 0 Å². The molecule has 296 valence electrons. The molecule has 2 aromatic heterocycles. The highest BCUT2D eigenvalue weighted by molar-refractivity contribution is 6.16. The number of aromatic nitrogens is 1. The summed E-state index contributed by atoms with van der Waals surface area (Å²) < 4.78 is 8.79. The predicted octanol–water partition coefficient (Wildman–Crippen LogP) is 12.2. The largest absolute Gasteiger partial charge is 0.504 e. The van der Waals surface area contributed by atoms with Crippen molar-refractivity contribution in [1.29, 1.82) is 0 Å². The van der Waals surface area contributed by atoms with Crippen LogP contribution < -0.4 is 5.73 Å². The Labute approximate surface area is 349 Å². The van der Waals surface area contributed by atoms with Crippen molar-refractivity contribution in [2.45, 2.75) is 6.42 Å². The highest BCUT2D eigenvalue weighted by atomic mass is 16.4. The van der Waals surface area contributed by atoms with E-state index in [2.05, 4.69) is 102 Å². The van der Waals surface area contributed by atoms with E-state index in [9.17, 15) is 25.5 Å². The maximum Gasteiger partial charge on any atom is 0.208 e. The van der Waals surface area contributed by atoms with Crippen LogP contribution in [0.1, 0.15) is 16.7 Å². The van der Waals surface area contributed by atoms with E-state index in [-0.39, 0.29) is 17.6 Å². The monoisotopic (exact) mass is 798 g/mol. The number of phenolic OH excluding ortho intramolecular Hbond substituents is 5. The molecular formula is C53H38N2O6. The van der Waals surface area contributed by atoms with E-state index in [1.165, 1.54) is 0 Å². The summed E-state index contributed by atoms with van der Waals surface area (Å²) >= 11 is 0. The average Bonchev–Trinajstić information content (AvgIpc) is 3.85. The third-order valence-corrected chi connectivity index (χ3v) is 11.4. The summed E-state index contributed by atoms with van der Waals surface area (Å²) in [4.78, 5) is 0. The molecule has 0 aliphatic rings. The van der Waals surface area contributed by atoms with Crippen LogP contribution in [0.2, 0.25) is 0 Å². The van der Waals surface area contributed by atoms with Crippen molar-refractivity contribution in [2.75, 3.05) is 0 Å². The van der Waals surface area contributed by atoms with Gasteiger partial charge < -0.3 is 40.3 Å². The second kappa shape index (κ2) is 14.8. The Morgan fingerprint density at radius 2 is 1.18 bits per heavy atom. The fourth-order valence-corrected chi connectivity index (χ4v) is 8.49. The summed E-state index contributed by atoms with van der Waals surface area (Å²) in [5.74, 6) is -4.63. The van der Waals surface area contributed by atoms with Gasteiger partial charge in [0, 0.05) is 38.5 Å². The zero-order valence-corrected chi connectivity index (χ0v) is 32.6. The van der Waals surface area contributed by atoms with Gasteiger partial charge in [0.1, 0.15) is 11.2 Å². The topological polar surface area (TPSA) is 145 Å². The average molecular weight is 799 g/mol. The number of rotatable bonds is 8. The minimum absolute atomic E-state index is 0.195. The maximum atomic E-state index is 11.0. The summed E-state index contributed by atoms with van der Waals surface area (Å²) in [6.45, 7) is 0. The van der Waals surface area contributed by atoms with Crippen LogP contribution in [0.3, 0.4) is 0 Å². The van der Waals surface area contributed by atoms with Gasteiger partial charge in [-0.25, -0.2) is 0 Å². The summed E-state index contributed by atoms with van der Waals surface area (Å²) in [6.07, 6.45) is 3.53. The Bertz CT molecular complexity index is 3350. The lowest BCUT2D eigenvalue weighted by Gasteiger charge is -2.15. The van der Waals surface area contributed by atoms with Crippen LogP contribution in [-0.4, -0.2) is 30.1 Å². The van der Waals surface area contributed by atoms with Gasteiger partial charge in [-0.1, -0.05) is 127 Å². The quantitative estimate of drug-likeness (QED) is 0.0510. The summed E-state index contributed by atoms with van der Waals surface area (Å²) in [7, 11) is 0. The number of fused-ring (bicyclic) bond motifs is 6. The minimum atomic E-state index is -1.04.